The zero-order chi connectivity index (χ0) is 20.1. The lowest BCUT2D eigenvalue weighted by atomic mass is 10.0. The molecule has 4 rings (SSSR count). The summed E-state index contributed by atoms with van der Waals surface area (Å²) in [6.45, 7) is 5.24. The quantitative estimate of drug-likeness (QED) is 0.665. The van der Waals surface area contributed by atoms with E-state index in [2.05, 4.69) is 58.3 Å². The topological polar surface area (TPSA) is 32.8 Å². The minimum absolute atomic E-state index is 0.0438. The SMILES string of the molecule is CCOC(=O)C1CCCCN1CCCN1c2ccccc2CCc2ccccc21. The summed E-state index contributed by atoms with van der Waals surface area (Å²) in [6.07, 6.45) is 6.41. The van der Waals surface area contributed by atoms with E-state index in [-0.39, 0.29) is 12.0 Å². The molecular weight excluding hydrogens is 360 g/mol. The van der Waals surface area contributed by atoms with Gasteiger partial charge in [-0.3, -0.25) is 9.69 Å². The van der Waals surface area contributed by atoms with Gasteiger partial charge in [-0.1, -0.05) is 42.8 Å². The molecule has 0 bridgehead atoms. The van der Waals surface area contributed by atoms with E-state index in [4.69, 9.17) is 4.74 Å². The Morgan fingerprint density at radius 2 is 1.62 bits per heavy atom. The van der Waals surface area contributed by atoms with Crippen molar-refractivity contribution in [3.8, 4) is 0 Å². The highest BCUT2D eigenvalue weighted by atomic mass is 16.5. The van der Waals surface area contributed by atoms with Gasteiger partial charge < -0.3 is 9.64 Å². The molecule has 0 saturated carbocycles. The first-order chi connectivity index (χ1) is 14.3. The largest absolute Gasteiger partial charge is 0.465 e. The van der Waals surface area contributed by atoms with Crippen molar-refractivity contribution in [3.63, 3.8) is 0 Å². The number of carbonyl (C=O) groups is 1. The summed E-state index contributed by atoms with van der Waals surface area (Å²) >= 11 is 0. The molecule has 1 saturated heterocycles. The molecule has 0 amide bonds. The van der Waals surface area contributed by atoms with Gasteiger partial charge in [0.1, 0.15) is 6.04 Å². The fraction of sp³-hybridized carbons (Fsp3) is 0.480. The number of ether oxygens (including phenoxy) is 1. The van der Waals surface area contributed by atoms with Crippen LogP contribution in [0.3, 0.4) is 0 Å². The number of piperidine rings is 1. The fourth-order valence-corrected chi connectivity index (χ4v) is 4.81. The third-order valence-electron chi connectivity index (χ3n) is 6.23. The molecule has 1 atom stereocenters. The number of hydrogen-bond acceptors (Lipinski definition) is 4. The second-order valence-electron chi connectivity index (χ2n) is 8.06. The number of rotatable bonds is 6. The van der Waals surface area contributed by atoms with Crippen molar-refractivity contribution in [3.05, 3.63) is 59.7 Å². The highest BCUT2D eigenvalue weighted by molar-refractivity contribution is 5.76. The Labute approximate surface area is 174 Å². The van der Waals surface area contributed by atoms with E-state index in [1.165, 1.54) is 28.9 Å². The summed E-state index contributed by atoms with van der Waals surface area (Å²) in [5, 5.41) is 0. The van der Waals surface area contributed by atoms with E-state index >= 15 is 0 Å². The summed E-state index contributed by atoms with van der Waals surface area (Å²) in [4.78, 5) is 17.2. The van der Waals surface area contributed by atoms with Crippen LogP contribution in [0.15, 0.2) is 48.5 Å². The standard InChI is InChI=1S/C25H32N2O2/c1-2-29-25(28)24-14-7-8-17-26(24)18-9-19-27-22-12-5-3-10-20(22)15-16-21-11-4-6-13-23(21)27/h3-6,10-13,24H,2,7-9,14-19H2,1H3. The van der Waals surface area contributed by atoms with E-state index in [1.807, 2.05) is 6.92 Å². The first-order valence-electron chi connectivity index (χ1n) is 11.1. The van der Waals surface area contributed by atoms with Crippen LogP contribution in [-0.2, 0) is 22.4 Å². The number of anilines is 2. The van der Waals surface area contributed by atoms with Crippen LogP contribution in [0.5, 0.6) is 0 Å². The van der Waals surface area contributed by atoms with Gasteiger partial charge in [0.15, 0.2) is 0 Å². The van der Waals surface area contributed by atoms with Gasteiger partial charge in [-0.05, 0) is 68.8 Å². The van der Waals surface area contributed by atoms with Gasteiger partial charge >= 0.3 is 5.97 Å². The Kier molecular flexibility index (Phi) is 6.50. The molecule has 0 aliphatic carbocycles. The average molecular weight is 393 g/mol. The van der Waals surface area contributed by atoms with Crippen molar-refractivity contribution in [1.82, 2.24) is 4.90 Å². The maximum absolute atomic E-state index is 12.4. The summed E-state index contributed by atoms with van der Waals surface area (Å²) in [5.74, 6) is -0.0438. The first kappa shape index (κ1) is 20.0. The number of hydrogen-bond donors (Lipinski definition) is 0. The molecule has 0 aromatic heterocycles. The van der Waals surface area contributed by atoms with E-state index < -0.39 is 0 Å². The van der Waals surface area contributed by atoms with Gasteiger partial charge in [0, 0.05) is 24.5 Å². The second kappa shape index (κ2) is 9.45. The molecular formula is C25H32N2O2. The van der Waals surface area contributed by atoms with Crippen LogP contribution < -0.4 is 4.90 Å². The molecule has 1 unspecified atom stereocenters. The second-order valence-corrected chi connectivity index (χ2v) is 8.06. The Balaban J connectivity index is 1.48. The third kappa shape index (κ3) is 4.48. The molecule has 0 radical (unpaired) electrons. The van der Waals surface area contributed by atoms with Gasteiger partial charge in [0.2, 0.25) is 0 Å². The van der Waals surface area contributed by atoms with E-state index in [0.29, 0.717) is 6.61 Å². The molecule has 1 fully saturated rings. The van der Waals surface area contributed by atoms with Crippen LogP contribution >= 0.6 is 0 Å². The number of benzene rings is 2. The Morgan fingerprint density at radius 3 is 2.28 bits per heavy atom. The zero-order valence-corrected chi connectivity index (χ0v) is 17.5. The molecule has 0 spiro atoms. The van der Waals surface area contributed by atoms with Gasteiger partial charge in [0.05, 0.1) is 6.61 Å². The number of fused-ring (bicyclic) bond motifs is 2. The maximum Gasteiger partial charge on any atom is 0.323 e. The molecule has 2 aromatic rings. The van der Waals surface area contributed by atoms with Gasteiger partial charge in [-0.2, -0.15) is 0 Å². The molecule has 2 heterocycles. The van der Waals surface area contributed by atoms with Crippen molar-refractivity contribution in [2.45, 2.75) is 51.5 Å². The lowest BCUT2D eigenvalue weighted by Gasteiger charge is -2.35. The Morgan fingerprint density at radius 1 is 0.966 bits per heavy atom. The zero-order valence-electron chi connectivity index (χ0n) is 17.5. The normalized spacial score (nSPS) is 19.2. The van der Waals surface area contributed by atoms with Crippen molar-refractivity contribution in [2.75, 3.05) is 31.1 Å². The van der Waals surface area contributed by atoms with Crippen LogP contribution in [0, 0.1) is 0 Å². The molecule has 0 N–H and O–H groups in total. The number of para-hydroxylation sites is 2. The minimum Gasteiger partial charge on any atom is -0.465 e. The van der Waals surface area contributed by atoms with Crippen molar-refractivity contribution in [2.24, 2.45) is 0 Å². The lowest BCUT2D eigenvalue weighted by molar-refractivity contribution is -0.150. The fourth-order valence-electron chi connectivity index (χ4n) is 4.81. The number of likely N-dealkylation sites (tertiary alicyclic amines) is 1. The van der Waals surface area contributed by atoms with Crippen molar-refractivity contribution in [1.29, 1.82) is 0 Å². The number of esters is 1. The summed E-state index contributed by atoms with van der Waals surface area (Å²) < 4.78 is 5.33. The Hall–Kier alpha value is -2.33. The number of aryl methyl sites for hydroxylation is 2. The van der Waals surface area contributed by atoms with Crippen LogP contribution in [0.4, 0.5) is 11.4 Å². The molecule has 2 aliphatic rings. The molecule has 2 aliphatic heterocycles. The smallest absolute Gasteiger partial charge is 0.323 e. The highest BCUT2D eigenvalue weighted by Gasteiger charge is 2.29. The first-order valence-corrected chi connectivity index (χ1v) is 11.1. The third-order valence-corrected chi connectivity index (χ3v) is 6.23. The predicted molar refractivity (Wildman–Crippen MR) is 118 cm³/mol. The number of nitrogens with zero attached hydrogens (tertiary/aromatic N) is 2. The van der Waals surface area contributed by atoms with E-state index in [1.54, 1.807) is 0 Å². The molecule has 29 heavy (non-hydrogen) atoms. The molecule has 4 nitrogen and oxygen atoms in total. The van der Waals surface area contributed by atoms with Crippen LogP contribution in [0.1, 0.15) is 43.7 Å². The maximum atomic E-state index is 12.4. The van der Waals surface area contributed by atoms with Crippen molar-refractivity contribution >= 4 is 17.3 Å². The average Bonchev–Trinajstić information content (AvgIpc) is 2.92. The summed E-state index contributed by atoms with van der Waals surface area (Å²) in [5.41, 5.74) is 5.51. The highest BCUT2D eigenvalue weighted by Crippen LogP contribution is 2.36. The molecule has 154 valence electrons. The van der Waals surface area contributed by atoms with Gasteiger partial charge in [-0.25, -0.2) is 0 Å². The predicted octanol–water partition coefficient (Wildman–Crippen LogP) is 4.73. The summed E-state index contributed by atoms with van der Waals surface area (Å²) in [6, 6.07) is 17.5. The monoisotopic (exact) mass is 392 g/mol. The van der Waals surface area contributed by atoms with Gasteiger partial charge in [0.25, 0.3) is 0 Å². The van der Waals surface area contributed by atoms with Crippen LogP contribution in [0.2, 0.25) is 0 Å². The van der Waals surface area contributed by atoms with E-state index in [0.717, 1.165) is 51.7 Å². The Bertz CT molecular complexity index is 788. The minimum atomic E-state index is -0.0626. The van der Waals surface area contributed by atoms with Crippen LogP contribution in [-0.4, -0.2) is 43.2 Å². The van der Waals surface area contributed by atoms with Gasteiger partial charge in [-0.15, -0.1) is 0 Å². The summed E-state index contributed by atoms with van der Waals surface area (Å²) in [7, 11) is 0. The molecule has 4 heteroatoms. The lowest BCUT2D eigenvalue weighted by Crippen LogP contribution is -2.46. The number of carbonyl (C=O) groups excluding carboxylic acids is 1. The van der Waals surface area contributed by atoms with Crippen molar-refractivity contribution < 1.29 is 9.53 Å². The van der Waals surface area contributed by atoms with Crippen LogP contribution in [0.25, 0.3) is 0 Å². The van der Waals surface area contributed by atoms with E-state index in [9.17, 15) is 4.79 Å². The molecule has 2 aromatic carbocycles.